The number of carbonyl (C=O) groups is 1. The molecule has 0 saturated heterocycles. The Morgan fingerprint density at radius 1 is 1.10 bits per heavy atom. The molecule has 4 aromatic rings. The van der Waals surface area contributed by atoms with Gasteiger partial charge in [-0.05, 0) is 36.4 Å². The minimum Gasteiger partial charge on any atom is -0.508 e. The smallest absolute Gasteiger partial charge is 0.359 e. The summed E-state index contributed by atoms with van der Waals surface area (Å²) in [5.41, 5.74) is 0.0751. The minimum absolute atomic E-state index is 0.0309. The van der Waals surface area contributed by atoms with Crippen LogP contribution in [0.2, 0.25) is 5.02 Å². The number of aromatic nitrogens is 2. The van der Waals surface area contributed by atoms with Gasteiger partial charge in [-0.2, -0.15) is 0 Å². The first-order valence-corrected chi connectivity index (χ1v) is 9.88. The van der Waals surface area contributed by atoms with Gasteiger partial charge in [0.05, 0.1) is 5.02 Å². The summed E-state index contributed by atoms with van der Waals surface area (Å²) >= 11 is 7.46. The number of halogens is 1. The van der Waals surface area contributed by atoms with Crippen molar-refractivity contribution in [3.8, 4) is 5.75 Å². The maximum atomic E-state index is 12.3. The van der Waals surface area contributed by atoms with Gasteiger partial charge in [0.1, 0.15) is 23.0 Å². The van der Waals surface area contributed by atoms with Crippen molar-refractivity contribution >= 4 is 40.3 Å². The minimum atomic E-state index is -0.683. The summed E-state index contributed by atoms with van der Waals surface area (Å²) < 4.78 is 10.3. The van der Waals surface area contributed by atoms with Crippen LogP contribution >= 0.6 is 23.4 Å². The third-order valence-corrected chi connectivity index (χ3v) is 5.52. The largest absolute Gasteiger partial charge is 0.508 e. The number of rotatable bonds is 5. The summed E-state index contributed by atoms with van der Waals surface area (Å²) in [6, 6.07) is 16.1. The van der Waals surface area contributed by atoms with E-state index in [0.29, 0.717) is 21.0 Å². The standard InChI is InChI=1S/C21H13ClN2O5S/c22-15-3-1-2-4-18(15)30-19-8-7-16(23-24-19)21(27)28-11-12-9-20(26)29-17-10-13(25)5-6-14(12)17/h1-10,25H,11H2. The van der Waals surface area contributed by atoms with Gasteiger partial charge < -0.3 is 14.3 Å². The van der Waals surface area contributed by atoms with Gasteiger partial charge in [0.25, 0.3) is 0 Å². The zero-order valence-electron chi connectivity index (χ0n) is 15.2. The fraction of sp³-hybridized carbons (Fsp3) is 0.0476. The predicted molar refractivity (Wildman–Crippen MR) is 111 cm³/mol. The second-order valence-corrected chi connectivity index (χ2v) is 7.61. The zero-order chi connectivity index (χ0) is 21.1. The maximum absolute atomic E-state index is 12.3. The molecule has 0 radical (unpaired) electrons. The average Bonchev–Trinajstić information content (AvgIpc) is 2.73. The summed E-state index contributed by atoms with van der Waals surface area (Å²) in [6.45, 7) is -0.163. The molecule has 2 aromatic heterocycles. The number of phenolic OH excluding ortho intramolecular Hbond substituents is 1. The van der Waals surface area contributed by atoms with Crippen LogP contribution in [0.5, 0.6) is 5.75 Å². The van der Waals surface area contributed by atoms with Gasteiger partial charge in [-0.3, -0.25) is 0 Å². The number of nitrogens with zero attached hydrogens (tertiary/aromatic N) is 2. The van der Waals surface area contributed by atoms with E-state index >= 15 is 0 Å². The summed E-state index contributed by atoms with van der Waals surface area (Å²) in [7, 11) is 0. The van der Waals surface area contributed by atoms with Gasteiger partial charge in [-0.15, -0.1) is 10.2 Å². The number of benzene rings is 2. The molecule has 0 spiro atoms. The van der Waals surface area contributed by atoms with Crippen molar-refractivity contribution in [2.24, 2.45) is 0 Å². The van der Waals surface area contributed by atoms with E-state index in [9.17, 15) is 14.7 Å². The molecule has 0 bridgehead atoms. The molecule has 9 heteroatoms. The molecule has 2 aromatic carbocycles. The van der Waals surface area contributed by atoms with Gasteiger partial charge >= 0.3 is 11.6 Å². The molecule has 0 aliphatic rings. The number of hydrogen-bond acceptors (Lipinski definition) is 8. The number of hydrogen-bond donors (Lipinski definition) is 1. The molecule has 0 unspecified atom stereocenters. The molecule has 1 N–H and O–H groups in total. The molecular weight excluding hydrogens is 428 g/mol. The first kappa shape index (κ1) is 19.9. The normalized spacial score (nSPS) is 10.8. The van der Waals surface area contributed by atoms with E-state index in [1.54, 1.807) is 18.2 Å². The van der Waals surface area contributed by atoms with Crippen LogP contribution in [-0.2, 0) is 11.3 Å². The van der Waals surface area contributed by atoms with E-state index in [1.165, 1.54) is 36.0 Å². The van der Waals surface area contributed by atoms with Crippen LogP contribution in [0.1, 0.15) is 16.1 Å². The quantitative estimate of drug-likeness (QED) is 0.358. The van der Waals surface area contributed by atoms with E-state index < -0.39 is 11.6 Å². The zero-order valence-corrected chi connectivity index (χ0v) is 16.8. The Bertz CT molecular complexity index is 1290. The van der Waals surface area contributed by atoms with Crippen LogP contribution in [0.25, 0.3) is 11.0 Å². The first-order chi connectivity index (χ1) is 14.5. The highest BCUT2D eigenvalue weighted by atomic mass is 35.5. The highest BCUT2D eigenvalue weighted by Crippen LogP contribution is 2.31. The second-order valence-electron chi connectivity index (χ2n) is 6.14. The molecule has 0 atom stereocenters. The topological polar surface area (TPSA) is 103 Å². The Kier molecular flexibility index (Phi) is 5.69. The number of aromatic hydroxyl groups is 1. The van der Waals surface area contributed by atoms with Crippen molar-refractivity contribution in [2.45, 2.75) is 16.5 Å². The molecular formula is C21H13ClN2O5S. The van der Waals surface area contributed by atoms with E-state index in [4.69, 9.17) is 20.8 Å². The number of fused-ring (bicyclic) bond motifs is 1. The van der Waals surface area contributed by atoms with Crippen molar-refractivity contribution in [1.82, 2.24) is 10.2 Å². The fourth-order valence-electron chi connectivity index (χ4n) is 2.68. The molecule has 7 nitrogen and oxygen atoms in total. The Labute approximate surface area is 179 Å². The predicted octanol–water partition coefficient (Wildman–Crippen LogP) is 4.45. The molecule has 150 valence electrons. The lowest BCUT2D eigenvalue weighted by atomic mass is 10.1. The fourth-order valence-corrected chi connectivity index (χ4v) is 3.69. The number of esters is 1. The third-order valence-electron chi connectivity index (χ3n) is 4.07. The molecule has 0 saturated carbocycles. The summed E-state index contributed by atoms with van der Waals surface area (Å²) in [5, 5.41) is 19.2. The van der Waals surface area contributed by atoms with Crippen LogP contribution in [-0.4, -0.2) is 21.3 Å². The Morgan fingerprint density at radius 2 is 1.93 bits per heavy atom. The summed E-state index contributed by atoms with van der Waals surface area (Å²) in [4.78, 5) is 24.9. The molecule has 30 heavy (non-hydrogen) atoms. The molecule has 0 aliphatic carbocycles. The van der Waals surface area contributed by atoms with Gasteiger partial charge in [0.15, 0.2) is 5.69 Å². The van der Waals surface area contributed by atoms with E-state index in [0.717, 1.165) is 4.90 Å². The maximum Gasteiger partial charge on any atom is 0.359 e. The highest BCUT2D eigenvalue weighted by molar-refractivity contribution is 7.99. The van der Waals surface area contributed by atoms with Gasteiger partial charge in [-0.25, -0.2) is 9.59 Å². The summed E-state index contributed by atoms with van der Waals surface area (Å²) in [5.74, 6) is -0.721. The Balaban J connectivity index is 1.46. The molecule has 2 heterocycles. The summed E-state index contributed by atoms with van der Waals surface area (Å²) in [6.07, 6.45) is 0. The van der Waals surface area contributed by atoms with Crippen LogP contribution in [0, 0.1) is 0 Å². The third kappa shape index (κ3) is 4.45. The van der Waals surface area contributed by atoms with Crippen molar-refractivity contribution < 1.29 is 19.1 Å². The Morgan fingerprint density at radius 3 is 2.70 bits per heavy atom. The van der Waals surface area contributed by atoms with Crippen LogP contribution < -0.4 is 5.63 Å². The van der Waals surface area contributed by atoms with Crippen molar-refractivity contribution in [3.05, 3.63) is 87.4 Å². The van der Waals surface area contributed by atoms with Crippen LogP contribution in [0.4, 0.5) is 0 Å². The molecule has 0 amide bonds. The molecule has 4 rings (SSSR count). The monoisotopic (exact) mass is 440 g/mol. The van der Waals surface area contributed by atoms with E-state index in [2.05, 4.69) is 10.2 Å². The number of carbonyl (C=O) groups excluding carboxylic acids is 1. The molecule has 0 fully saturated rings. The van der Waals surface area contributed by atoms with Gasteiger partial charge in [-0.1, -0.05) is 35.5 Å². The SMILES string of the molecule is O=C(OCc1cc(=O)oc2cc(O)ccc12)c1ccc(Sc2ccccc2Cl)nn1. The van der Waals surface area contributed by atoms with Gasteiger partial charge in [0.2, 0.25) is 0 Å². The van der Waals surface area contributed by atoms with E-state index in [-0.39, 0.29) is 23.6 Å². The lowest BCUT2D eigenvalue weighted by molar-refractivity contribution is 0.0465. The van der Waals surface area contributed by atoms with Gasteiger partial charge in [0, 0.05) is 28.0 Å². The first-order valence-electron chi connectivity index (χ1n) is 8.68. The number of phenols is 1. The van der Waals surface area contributed by atoms with Crippen LogP contribution in [0.15, 0.2) is 79.8 Å². The lowest BCUT2D eigenvalue weighted by Gasteiger charge is -2.07. The van der Waals surface area contributed by atoms with Crippen LogP contribution in [0.3, 0.4) is 0 Å². The Hall–Kier alpha value is -3.36. The molecule has 0 aliphatic heterocycles. The van der Waals surface area contributed by atoms with E-state index in [1.807, 2.05) is 18.2 Å². The van der Waals surface area contributed by atoms with Crippen molar-refractivity contribution in [1.29, 1.82) is 0 Å². The lowest BCUT2D eigenvalue weighted by Crippen LogP contribution is -2.10. The second kappa shape index (κ2) is 8.56. The number of ether oxygens (including phenoxy) is 1. The van der Waals surface area contributed by atoms with Crippen molar-refractivity contribution in [2.75, 3.05) is 0 Å². The van der Waals surface area contributed by atoms with Crippen molar-refractivity contribution in [3.63, 3.8) is 0 Å². The highest BCUT2D eigenvalue weighted by Gasteiger charge is 2.13. The average molecular weight is 441 g/mol.